The fourth-order valence-corrected chi connectivity index (χ4v) is 3.50. The van der Waals surface area contributed by atoms with E-state index in [4.69, 9.17) is 9.47 Å². The molecule has 0 aromatic heterocycles. The largest absolute Gasteiger partial charge is 0.462 e. The first kappa shape index (κ1) is 15.1. The number of carbonyl (C=O) groups excluding carboxylic acids is 2. The van der Waals surface area contributed by atoms with Gasteiger partial charge < -0.3 is 9.47 Å². The van der Waals surface area contributed by atoms with Gasteiger partial charge >= 0.3 is 11.9 Å². The summed E-state index contributed by atoms with van der Waals surface area (Å²) in [5, 5.41) is 0. The van der Waals surface area contributed by atoms with Gasteiger partial charge in [-0.15, -0.1) is 0 Å². The van der Waals surface area contributed by atoms with Crippen LogP contribution in [0.1, 0.15) is 37.8 Å². The molecule has 118 valence electrons. The number of hydrogen-bond donors (Lipinski definition) is 0. The summed E-state index contributed by atoms with van der Waals surface area (Å²) in [6.45, 7) is 3.86. The SMILES string of the molecule is C[C@@H]1C[C@H](Cc2ccccc2C[C@@H]2C[C@H](C)OC2=O)C(=O)O1. The van der Waals surface area contributed by atoms with E-state index < -0.39 is 0 Å². The van der Waals surface area contributed by atoms with Crippen LogP contribution in [0.15, 0.2) is 24.3 Å². The summed E-state index contributed by atoms with van der Waals surface area (Å²) in [6, 6.07) is 8.07. The van der Waals surface area contributed by atoms with Crippen LogP contribution in [0.3, 0.4) is 0 Å². The number of hydrogen-bond acceptors (Lipinski definition) is 4. The Balaban J connectivity index is 1.73. The first-order chi connectivity index (χ1) is 10.5. The summed E-state index contributed by atoms with van der Waals surface area (Å²) in [6.07, 6.45) is 2.95. The molecule has 2 saturated heterocycles. The summed E-state index contributed by atoms with van der Waals surface area (Å²) in [4.78, 5) is 23.7. The zero-order valence-electron chi connectivity index (χ0n) is 13.1. The third-order valence-electron chi connectivity index (χ3n) is 4.59. The van der Waals surface area contributed by atoms with Crippen LogP contribution in [0, 0.1) is 11.8 Å². The fraction of sp³-hybridized carbons (Fsp3) is 0.556. The molecule has 4 nitrogen and oxygen atoms in total. The van der Waals surface area contributed by atoms with Crippen LogP contribution in [-0.2, 0) is 31.9 Å². The topological polar surface area (TPSA) is 52.6 Å². The zero-order valence-corrected chi connectivity index (χ0v) is 13.1. The molecule has 0 radical (unpaired) electrons. The van der Waals surface area contributed by atoms with Crippen LogP contribution >= 0.6 is 0 Å². The second-order valence-corrected chi connectivity index (χ2v) is 6.54. The van der Waals surface area contributed by atoms with E-state index in [2.05, 4.69) is 12.1 Å². The van der Waals surface area contributed by atoms with E-state index in [1.807, 2.05) is 26.0 Å². The smallest absolute Gasteiger partial charge is 0.309 e. The minimum atomic E-state index is -0.101. The highest BCUT2D eigenvalue weighted by atomic mass is 16.6. The minimum Gasteiger partial charge on any atom is -0.462 e. The van der Waals surface area contributed by atoms with Gasteiger partial charge in [-0.2, -0.15) is 0 Å². The minimum absolute atomic E-state index is 0.00956. The van der Waals surface area contributed by atoms with Gasteiger partial charge in [-0.3, -0.25) is 9.59 Å². The highest BCUT2D eigenvalue weighted by Gasteiger charge is 2.34. The van der Waals surface area contributed by atoms with Crippen molar-refractivity contribution in [3.8, 4) is 0 Å². The van der Waals surface area contributed by atoms with E-state index in [0.717, 1.165) is 24.0 Å². The number of ether oxygens (including phenoxy) is 2. The van der Waals surface area contributed by atoms with Crippen molar-refractivity contribution < 1.29 is 19.1 Å². The maximum atomic E-state index is 11.8. The molecule has 2 aliphatic heterocycles. The van der Waals surface area contributed by atoms with Crippen LogP contribution < -0.4 is 0 Å². The lowest BCUT2D eigenvalue weighted by atomic mass is 9.88. The van der Waals surface area contributed by atoms with E-state index >= 15 is 0 Å². The zero-order chi connectivity index (χ0) is 15.7. The lowest BCUT2D eigenvalue weighted by Gasteiger charge is -2.13. The van der Waals surface area contributed by atoms with Crippen LogP contribution in [0.2, 0.25) is 0 Å². The Bertz CT molecular complexity index is 529. The third-order valence-corrected chi connectivity index (χ3v) is 4.59. The summed E-state index contributed by atoms with van der Waals surface area (Å²) in [5.41, 5.74) is 2.29. The Morgan fingerprint density at radius 3 is 1.59 bits per heavy atom. The Morgan fingerprint density at radius 1 is 0.864 bits per heavy atom. The molecule has 0 unspecified atom stereocenters. The van der Waals surface area contributed by atoms with Crippen LogP contribution in [0.5, 0.6) is 0 Å². The number of rotatable bonds is 4. The van der Waals surface area contributed by atoms with Crippen molar-refractivity contribution >= 4 is 11.9 Å². The van der Waals surface area contributed by atoms with Crippen molar-refractivity contribution in [2.45, 2.75) is 51.7 Å². The Labute approximate surface area is 130 Å². The van der Waals surface area contributed by atoms with Gasteiger partial charge in [0.1, 0.15) is 0 Å². The molecule has 0 spiro atoms. The molecule has 0 saturated carbocycles. The molecule has 2 fully saturated rings. The van der Waals surface area contributed by atoms with Crippen LogP contribution in [0.4, 0.5) is 0 Å². The third kappa shape index (κ3) is 3.16. The molecule has 2 aliphatic rings. The molecule has 3 rings (SSSR count). The van der Waals surface area contributed by atoms with E-state index in [0.29, 0.717) is 12.8 Å². The van der Waals surface area contributed by atoms with Crippen molar-refractivity contribution in [3.63, 3.8) is 0 Å². The quantitative estimate of drug-likeness (QED) is 0.802. The molecular weight excluding hydrogens is 280 g/mol. The molecule has 1 aromatic carbocycles. The molecule has 0 N–H and O–H groups in total. The average molecular weight is 302 g/mol. The summed E-state index contributed by atoms with van der Waals surface area (Å²) in [5.74, 6) is -0.330. The number of carbonyl (C=O) groups is 2. The predicted molar refractivity (Wildman–Crippen MR) is 81.2 cm³/mol. The molecule has 4 atom stereocenters. The van der Waals surface area contributed by atoms with Gasteiger partial charge in [-0.05, 0) is 50.7 Å². The molecule has 1 aromatic rings. The van der Waals surface area contributed by atoms with E-state index in [-0.39, 0.29) is 36.0 Å². The lowest BCUT2D eigenvalue weighted by Crippen LogP contribution is -2.15. The molecule has 0 amide bonds. The number of benzene rings is 1. The molecule has 22 heavy (non-hydrogen) atoms. The normalized spacial score (nSPS) is 31.2. The molecule has 0 aliphatic carbocycles. The van der Waals surface area contributed by atoms with Crippen molar-refractivity contribution in [2.75, 3.05) is 0 Å². The Kier molecular flexibility index (Phi) is 4.19. The molecule has 4 heteroatoms. The molecule has 0 bridgehead atoms. The van der Waals surface area contributed by atoms with Gasteiger partial charge in [0.25, 0.3) is 0 Å². The van der Waals surface area contributed by atoms with Gasteiger partial charge in [0, 0.05) is 0 Å². The average Bonchev–Trinajstić information content (AvgIpc) is 2.94. The summed E-state index contributed by atoms with van der Waals surface area (Å²) >= 11 is 0. The Hall–Kier alpha value is -1.84. The lowest BCUT2D eigenvalue weighted by molar-refractivity contribution is -0.144. The number of esters is 2. The van der Waals surface area contributed by atoms with Gasteiger partial charge in [0.15, 0.2) is 0 Å². The maximum Gasteiger partial charge on any atom is 0.309 e. The van der Waals surface area contributed by atoms with E-state index in [9.17, 15) is 9.59 Å². The summed E-state index contributed by atoms with van der Waals surface area (Å²) < 4.78 is 10.5. The Morgan fingerprint density at radius 2 is 1.27 bits per heavy atom. The highest BCUT2D eigenvalue weighted by Crippen LogP contribution is 2.29. The van der Waals surface area contributed by atoms with Crippen molar-refractivity contribution in [2.24, 2.45) is 11.8 Å². The maximum absolute atomic E-state index is 11.8. The van der Waals surface area contributed by atoms with Crippen LogP contribution in [-0.4, -0.2) is 24.1 Å². The number of cyclic esters (lactones) is 2. The van der Waals surface area contributed by atoms with Crippen molar-refractivity contribution in [3.05, 3.63) is 35.4 Å². The second kappa shape index (κ2) is 6.11. The van der Waals surface area contributed by atoms with Crippen molar-refractivity contribution in [1.29, 1.82) is 0 Å². The predicted octanol–water partition coefficient (Wildman–Crippen LogP) is 2.67. The highest BCUT2D eigenvalue weighted by molar-refractivity contribution is 5.76. The van der Waals surface area contributed by atoms with Gasteiger partial charge in [0.2, 0.25) is 0 Å². The van der Waals surface area contributed by atoms with E-state index in [1.165, 1.54) is 0 Å². The second-order valence-electron chi connectivity index (χ2n) is 6.54. The standard InChI is InChI=1S/C18H22O4/c1-11-7-15(17(19)21-11)9-13-5-3-4-6-14(13)10-16-8-12(2)22-18(16)20/h3-6,11-12,15-16H,7-10H2,1-2H3/t11-,12+,15-,16+. The fourth-order valence-electron chi connectivity index (χ4n) is 3.50. The van der Waals surface area contributed by atoms with Gasteiger partial charge in [-0.1, -0.05) is 24.3 Å². The molecular formula is C18H22O4. The van der Waals surface area contributed by atoms with Crippen LogP contribution in [0.25, 0.3) is 0 Å². The molecule has 2 heterocycles. The first-order valence-corrected chi connectivity index (χ1v) is 8.00. The van der Waals surface area contributed by atoms with Gasteiger partial charge in [0.05, 0.1) is 24.0 Å². The monoisotopic (exact) mass is 302 g/mol. The summed E-state index contributed by atoms with van der Waals surface area (Å²) in [7, 11) is 0. The van der Waals surface area contributed by atoms with E-state index in [1.54, 1.807) is 0 Å². The first-order valence-electron chi connectivity index (χ1n) is 8.00. The van der Waals surface area contributed by atoms with Gasteiger partial charge in [-0.25, -0.2) is 0 Å². The van der Waals surface area contributed by atoms with Crippen molar-refractivity contribution in [1.82, 2.24) is 0 Å².